The fraction of sp³-hybridized carbons (Fsp3) is 0.500. The molecule has 0 saturated heterocycles. The van der Waals surface area contributed by atoms with Crippen molar-refractivity contribution < 1.29 is 10.0 Å². The summed E-state index contributed by atoms with van der Waals surface area (Å²) in [6.07, 6.45) is 7.92. The number of oxime groups is 1. The van der Waals surface area contributed by atoms with Crippen molar-refractivity contribution in [2.75, 3.05) is 5.32 Å². The molecule has 0 radical (unpaired) electrons. The van der Waals surface area contributed by atoms with E-state index in [1.54, 1.807) is 18.2 Å². The van der Waals surface area contributed by atoms with Gasteiger partial charge in [-0.2, -0.15) is 0 Å². The lowest BCUT2D eigenvalue weighted by Crippen LogP contribution is -2.24. The van der Waals surface area contributed by atoms with Gasteiger partial charge < -0.3 is 16.3 Å². The Hall–Kier alpha value is -2.04. The van der Waals surface area contributed by atoms with Crippen molar-refractivity contribution >= 4 is 17.4 Å². The Morgan fingerprint density at radius 3 is 2.52 bits per heavy atom. The molecular weight excluding hydrogens is 266 g/mol. The van der Waals surface area contributed by atoms with Crippen LogP contribution >= 0.6 is 0 Å². The molecule has 0 atom stereocenters. The smallest absolute Gasteiger partial charge is 0.227 e. The van der Waals surface area contributed by atoms with Crippen LogP contribution in [-0.4, -0.2) is 17.0 Å². The summed E-state index contributed by atoms with van der Waals surface area (Å²) in [5.74, 6) is 0.212. The summed E-state index contributed by atoms with van der Waals surface area (Å²) in [6.45, 7) is 0. The molecule has 0 aliphatic heterocycles. The first-order valence-corrected chi connectivity index (χ1v) is 7.59. The zero-order valence-electron chi connectivity index (χ0n) is 12.2. The number of anilines is 1. The second-order valence-corrected chi connectivity index (χ2v) is 5.60. The second-order valence-electron chi connectivity index (χ2n) is 5.60. The standard InChI is InChI=1S/C16H23N3O2/c17-15(19-21)13-9-6-10-14(11-13)18-16(20)12-7-4-2-1-3-5-8-12/h6,9-12,21H,1-5,7-8H2,(H2,17,19)(H,18,20). The molecule has 21 heavy (non-hydrogen) atoms. The summed E-state index contributed by atoms with van der Waals surface area (Å²) in [4.78, 5) is 12.4. The lowest BCUT2D eigenvalue weighted by atomic mass is 9.90. The van der Waals surface area contributed by atoms with Crippen molar-refractivity contribution in [1.29, 1.82) is 0 Å². The van der Waals surface area contributed by atoms with Gasteiger partial charge in [-0.15, -0.1) is 0 Å². The molecule has 1 aliphatic rings. The maximum Gasteiger partial charge on any atom is 0.227 e. The quantitative estimate of drug-likeness (QED) is 0.346. The summed E-state index contributed by atoms with van der Waals surface area (Å²) < 4.78 is 0. The van der Waals surface area contributed by atoms with Crippen molar-refractivity contribution in [1.82, 2.24) is 0 Å². The van der Waals surface area contributed by atoms with Gasteiger partial charge in [-0.05, 0) is 25.0 Å². The van der Waals surface area contributed by atoms with Crippen LogP contribution in [-0.2, 0) is 4.79 Å². The third-order valence-electron chi connectivity index (χ3n) is 4.01. The Bertz CT molecular complexity index is 506. The van der Waals surface area contributed by atoms with E-state index in [1.165, 1.54) is 19.3 Å². The number of nitrogens with one attached hydrogen (secondary N) is 1. The third kappa shape index (κ3) is 4.48. The molecule has 4 N–H and O–H groups in total. The molecule has 114 valence electrons. The average molecular weight is 289 g/mol. The van der Waals surface area contributed by atoms with E-state index >= 15 is 0 Å². The van der Waals surface area contributed by atoms with Gasteiger partial charge in [0.25, 0.3) is 0 Å². The Balaban J connectivity index is 2.01. The number of rotatable bonds is 3. The number of hydrogen-bond donors (Lipinski definition) is 3. The van der Waals surface area contributed by atoms with E-state index in [2.05, 4.69) is 10.5 Å². The monoisotopic (exact) mass is 289 g/mol. The van der Waals surface area contributed by atoms with Gasteiger partial charge in [0, 0.05) is 17.2 Å². The molecule has 2 rings (SSSR count). The fourth-order valence-electron chi connectivity index (χ4n) is 2.78. The highest BCUT2D eigenvalue weighted by atomic mass is 16.4. The lowest BCUT2D eigenvalue weighted by Gasteiger charge is -2.19. The average Bonchev–Trinajstić information content (AvgIpc) is 2.46. The predicted octanol–water partition coefficient (Wildman–Crippen LogP) is 3.08. The second kappa shape index (κ2) is 7.67. The summed E-state index contributed by atoms with van der Waals surface area (Å²) in [7, 11) is 0. The third-order valence-corrected chi connectivity index (χ3v) is 4.01. The summed E-state index contributed by atoms with van der Waals surface area (Å²) in [5, 5.41) is 14.6. The van der Waals surface area contributed by atoms with Gasteiger partial charge in [0.05, 0.1) is 0 Å². The highest BCUT2D eigenvalue weighted by molar-refractivity contribution is 5.99. The topological polar surface area (TPSA) is 87.7 Å². The first-order chi connectivity index (χ1) is 10.2. The molecule has 0 heterocycles. The Morgan fingerprint density at radius 1 is 1.19 bits per heavy atom. The number of amides is 1. The van der Waals surface area contributed by atoms with Crippen LogP contribution in [0.1, 0.15) is 50.5 Å². The molecular formula is C16H23N3O2. The van der Waals surface area contributed by atoms with Gasteiger partial charge in [0.1, 0.15) is 0 Å². The van der Waals surface area contributed by atoms with E-state index in [-0.39, 0.29) is 17.7 Å². The van der Waals surface area contributed by atoms with Crippen LogP contribution in [0.2, 0.25) is 0 Å². The van der Waals surface area contributed by atoms with E-state index < -0.39 is 0 Å². The van der Waals surface area contributed by atoms with Crippen LogP contribution < -0.4 is 11.1 Å². The van der Waals surface area contributed by atoms with Crippen molar-refractivity contribution in [2.45, 2.75) is 44.9 Å². The molecule has 1 aliphatic carbocycles. The fourth-order valence-corrected chi connectivity index (χ4v) is 2.78. The summed E-state index contributed by atoms with van der Waals surface area (Å²) in [5.41, 5.74) is 6.84. The van der Waals surface area contributed by atoms with Crippen LogP contribution in [0, 0.1) is 5.92 Å². The number of carbonyl (C=O) groups is 1. The molecule has 1 amide bonds. The van der Waals surface area contributed by atoms with Crippen LogP contribution in [0.5, 0.6) is 0 Å². The van der Waals surface area contributed by atoms with E-state index in [1.807, 2.05) is 6.07 Å². The number of amidine groups is 1. The van der Waals surface area contributed by atoms with Gasteiger partial charge in [0.15, 0.2) is 5.84 Å². The number of benzene rings is 1. The highest BCUT2D eigenvalue weighted by Gasteiger charge is 2.19. The van der Waals surface area contributed by atoms with Gasteiger partial charge in [0.2, 0.25) is 5.91 Å². The Kier molecular flexibility index (Phi) is 5.60. The predicted molar refractivity (Wildman–Crippen MR) is 83.4 cm³/mol. The molecule has 1 saturated carbocycles. The molecule has 1 fully saturated rings. The van der Waals surface area contributed by atoms with E-state index in [4.69, 9.17) is 10.9 Å². The van der Waals surface area contributed by atoms with Crippen molar-refractivity contribution in [2.24, 2.45) is 16.8 Å². The molecule has 0 spiro atoms. The molecule has 1 aromatic rings. The maximum atomic E-state index is 12.4. The van der Waals surface area contributed by atoms with Gasteiger partial charge in [-0.1, -0.05) is 49.4 Å². The molecule has 1 aromatic carbocycles. The van der Waals surface area contributed by atoms with Crippen molar-refractivity contribution in [3.8, 4) is 0 Å². The minimum Gasteiger partial charge on any atom is -0.409 e. The molecule has 5 heteroatoms. The SMILES string of the molecule is NC(=NO)c1cccc(NC(=O)C2CCCCCCC2)c1. The van der Waals surface area contributed by atoms with E-state index in [9.17, 15) is 4.79 Å². The molecule has 0 bridgehead atoms. The largest absolute Gasteiger partial charge is 0.409 e. The summed E-state index contributed by atoms with van der Waals surface area (Å²) in [6, 6.07) is 7.05. The number of nitrogens with zero attached hydrogens (tertiary/aromatic N) is 1. The number of hydrogen-bond acceptors (Lipinski definition) is 3. The normalized spacial score (nSPS) is 17.8. The summed E-state index contributed by atoms with van der Waals surface area (Å²) >= 11 is 0. The van der Waals surface area contributed by atoms with Crippen molar-refractivity contribution in [3.05, 3.63) is 29.8 Å². The van der Waals surface area contributed by atoms with Gasteiger partial charge in [-0.3, -0.25) is 4.79 Å². The van der Waals surface area contributed by atoms with Crippen LogP contribution in [0.25, 0.3) is 0 Å². The Morgan fingerprint density at radius 2 is 1.86 bits per heavy atom. The lowest BCUT2D eigenvalue weighted by molar-refractivity contribution is -0.120. The van der Waals surface area contributed by atoms with Crippen LogP contribution in [0.15, 0.2) is 29.4 Å². The first kappa shape index (κ1) is 15.4. The number of nitrogens with two attached hydrogens (primary N) is 1. The maximum absolute atomic E-state index is 12.4. The number of carbonyl (C=O) groups excluding carboxylic acids is 1. The van der Waals surface area contributed by atoms with Crippen LogP contribution in [0.3, 0.4) is 0 Å². The minimum atomic E-state index is 0.0389. The molecule has 5 nitrogen and oxygen atoms in total. The zero-order chi connectivity index (χ0) is 15.1. The van der Waals surface area contributed by atoms with E-state index in [0.29, 0.717) is 11.3 Å². The molecule has 0 aromatic heterocycles. The Labute approximate surface area is 125 Å². The molecule has 0 unspecified atom stereocenters. The minimum absolute atomic E-state index is 0.0389. The first-order valence-electron chi connectivity index (χ1n) is 7.59. The zero-order valence-corrected chi connectivity index (χ0v) is 12.2. The van der Waals surface area contributed by atoms with Gasteiger partial charge in [-0.25, -0.2) is 0 Å². The van der Waals surface area contributed by atoms with Crippen LogP contribution in [0.4, 0.5) is 5.69 Å². The van der Waals surface area contributed by atoms with Crippen molar-refractivity contribution in [3.63, 3.8) is 0 Å². The van der Waals surface area contributed by atoms with Gasteiger partial charge >= 0.3 is 0 Å². The van der Waals surface area contributed by atoms with E-state index in [0.717, 1.165) is 25.7 Å². The highest BCUT2D eigenvalue weighted by Crippen LogP contribution is 2.23.